The standard InChI is InChI=1S/C28H35N3O4/c1-19-3-5-22(6-4-19)35-17-25(33)31-18-28(8-2-9-28)14-23(31)26(34)30-21(16-29)13-20-7-10-27(11-12-27)15-24(20)32/h3-6,20-21,23H,2,7-15,17-18H2,1H3,(H,30,34)/t20-,21-,23-/m0/s1. The molecule has 1 aromatic rings. The fourth-order valence-electron chi connectivity index (χ4n) is 6.25. The monoisotopic (exact) mass is 477 g/mol. The molecular weight excluding hydrogens is 442 g/mol. The molecule has 1 aliphatic heterocycles. The Morgan fingerprint density at radius 2 is 1.91 bits per heavy atom. The summed E-state index contributed by atoms with van der Waals surface area (Å²) < 4.78 is 5.71. The molecule has 1 heterocycles. The minimum absolute atomic E-state index is 0.00157. The molecule has 1 saturated heterocycles. The Bertz CT molecular complexity index is 1040. The topological polar surface area (TPSA) is 99.5 Å². The molecule has 2 amide bonds. The highest BCUT2D eigenvalue weighted by molar-refractivity contribution is 5.89. The van der Waals surface area contributed by atoms with Crippen LogP contribution < -0.4 is 10.1 Å². The first-order valence-electron chi connectivity index (χ1n) is 13.0. The molecule has 4 aliphatic rings. The van der Waals surface area contributed by atoms with Crippen molar-refractivity contribution in [3.05, 3.63) is 29.8 Å². The first-order chi connectivity index (χ1) is 16.8. The van der Waals surface area contributed by atoms with Crippen molar-refractivity contribution >= 4 is 17.6 Å². The summed E-state index contributed by atoms with van der Waals surface area (Å²) >= 11 is 0. The highest BCUT2D eigenvalue weighted by atomic mass is 16.5. The number of nitriles is 1. The number of hydrogen-bond acceptors (Lipinski definition) is 5. The second-order valence-corrected chi connectivity index (χ2v) is 11.5. The van der Waals surface area contributed by atoms with Crippen LogP contribution >= 0.6 is 0 Å². The molecule has 4 fully saturated rings. The van der Waals surface area contributed by atoms with Gasteiger partial charge in [0.25, 0.3) is 5.91 Å². The van der Waals surface area contributed by atoms with E-state index in [1.165, 1.54) is 0 Å². The summed E-state index contributed by atoms with van der Waals surface area (Å²) in [4.78, 5) is 40.7. The number of carbonyl (C=O) groups is 3. The summed E-state index contributed by atoms with van der Waals surface area (Å²) in [6.07, 6.45) is 8.89. The Hall–Kier alpha value is -2.88. The minimum Gasteiger partial charge on any atom is -0.484 e. The van der Waals surface area contributed by atoms with Gasteiger partial charge in [-0.15, -0.1) is 0 Å². The number of nitrogens with one attached hydrogen (secondary N) is 1. The van der Waals surface area contributed by atoms with Gasteiger partial charge in [-0.2, -0.15) is 5.26 Å². The Morgan fingerprint density at radius 3 is 2.51 bits per heavy atom. The molecule has 7 heteroatoms. The molecule has 3 atom stereocenters. The number of ether oxygens (including phenoxy) is 1. The lowest BCUT2D eigenvalue weighted by Gasteiger charge is -2.37. The zero-order valence-corrected chi connectivity index (χ0v) is 20.6. The smallest absolute Gasteiger partial charge is 0.261 e. The summed E-state index contributed by atoms with van der Waals surface area (Å²) in [5, 5.41) is 12.6. The van der Waals surface area contributed by atoms with Crippen LogP contribution in [0.3, 0.4) is 0 Å². The molecule has 1 N–H and O–H groups in total. The molecule has 3 saturated carbocycles. The largest absolute Gasteiger partial charge is 0.484 e. The van der Waals surface area contributed by atoms with Crippen LogP contribution in [-0.2, 0) is 14.4 Å². The summed E-state index contributed by atoms with van der Waals surface area (Å²) in [7, 11) is 0. The number of amides is 2. The van der Waals surface area contributed by atoms with Crippen molar-refractivity contribution < 1.29 is 19.1 Å². The van der Waals surface area contributed by atoms with Gasteiger partial charge in [0, 0.05) is 18.9 Å². The molecule has 1 aromatic carbocycles. The van der Waals surface area contributed by atoms with Gasteiger partial charge in [0.2, 0.25) is 5.91 Å². The van der Waals surface area contributed by atoms with Crippen LogP contribution in [0.15, 0.2) is 24.3 Å². The molecule has 35 heavy (non-hydrogen) atoms. The Kier molecular flexibility index (Phi) is 6.33. The zero-order valence-electron chi connectivity index (χ0n) is 20.6. The van der Waals surface area contributed by atoms with Gasteiger partial charge in [0.1, 0.15) is 23.6 Å². The van der Waals surface area contributed by atoms with Crippen LogP contribution in [0.5, 0.6) is 5.75 Å². The molecule has 0 aromatic heterocycles. The summed E-state index contributed by atoms with van der Waals surface area (Å²) in [6.45, 7) is 2.42. The summed E-state index contributed by atoms with van der Waals surface area (Å²) in [6, 6.07) is 8.40. The Labute approximate surface area is 207 Å². The second kappa shape index (κ2) is 9.29. The highest BCUT2D eigenvalue weighted by Gasteiger charge is 2.52. The number of rotatable bonds is 7. The van der Waals surface area contributed by atoms with Crippen molar-refractivity contribution in [2.45, 2.75) is 83.2 Å². The van der Waals surface area contributed by atoms with E-state index in [0.29, 0.717) is 31.6 Å². The van der Waals surface area contributed by atoms with Crippen molar-refractivity contribution in [2.24, 2.45) is 16.7 Å². The third-order valence-corrected chi connectivity index (χ3v) is 8.91. The Balaban J connectivity index is 1.20. The highest BCUT2D eigenvalue weighted by Crippen LogP contribution is 2.56. The van der Waals surface area contributed by atoms with Gasteiger partial charge in [-0.1, -0.05) is 24.1 Å². The van der Waals surface area contributed by atoms with Crippen LogP contribution in [0.2, 0.25) is 0 Å². The van der Waals surface area contributed by atoms with Crippen LogP contribution in [0.1, 0.15) is 69.8 Å². The number of nitrogens with zero attached hydrogens (tertiary/aromatic N) is 2. The first kappa shape index (κ1) is 23.8. The number of ketones is 1. The summed E-state index contributed by atoms with van der Waals surface area (Å²) in [5.41, 5.74) is 1.36. The van der Waals surface area contributed by atoms with Crippen molar-refractivity contribution in [1.29, 1.82) is 5.26 Å². The lowest BCUT2D eigenvalue weighted by atomic mass is 9.67. The number of likely N-dealkylation sites (tertiary alicyclic amines) is 1. The van der Waals surface area contributed by atoms with Crippen LogP contribution in [0.4, 0.5) is 0 Å². The lowest BCUT2D eigenvalue weighted by molar-refractivity contribution is -0.140. The molecule has 0 unspecified atom stereocenters. The fraction of sp³-hybridized carbons (Fsp3) is 0.643. The SMILES string of the molecule is Cc1ccc(OCC(=O)N2CC3(CCC3)C[C@H]2C(=O)N[C@H](C#N)C[C@@H]2CCC3(CC3)CC2=O)cc1. The van der Waals surface area contributed by atoms with Gasteiger partial charge in [-0.3, -0.25) is 14.4 Å². The van der Waals surface area contributed by atoms with E-state index in [2.05, 4.69) is 11.4 Å². The van der Waals surface area contributed by atoms with E-state index in [4.69, 9.17) is 4.74 Å². The predicted octanol–water partition coefficient (Wildman–Crippen LogP) is 3.69. The van der Waals surface area contributed by atoms with Crippen LogP contribution in [-0.4, -0.2) is 47.7 Å². The number of Topliss-reactive ketones (excluding diaryl/α,β-unsaturated/α-hetero) is 1. The summed E-state index contributed by atoms with van der Waals surface area (Å²) in [5.74, 6) is 0.208. The van der Waals surface area contributed by atoms with E-state index in [1.54, 1.807) is 4.90 Å². The maximum absolute atomic E-state index is 13.3. The van der Waals surface area contributed by atoms with E-state index in [9.17, 15) is 19.6 Å². The van der Waals surface area contributed by atoms with Gasteiger partial charge >= 0.3 is 0 Å². The average Bonchev–Trinajstić information content (AvgIpc) is 3.43. The predicted molar refractivity (Wildman–Crippen MR) is 129 cm³/mol. The van der Waals surface area contributed by atoms with E-state index >= 15 is 0 Å². The second-order valence-electron chi connectivity index (χ2n) is 11.5. The molecule has 3 aliphatic carbocycles. The minimum atomic E-state index is -0.719. The number of aryl methyl sites for hydroxylation is 1. The lowest BCUT2D eigenvalue weighted by Crippen LogP contribution is -2.50. The van der Waals surface area contributed by atoms with Crippen LogP contribution in [0.25, 0.3) is 0 Å². The third kappa shape index (κ3) is 5.07. The first-order valence-corrected chi connectivity index (χ1v) is 13.0. The fourth-order valence-corrected chi connectivity index (χ4v) is 6.25. The van der Waals surface area contributed by atoms with E-state index < -0.39 is 12.1 Å². The maximum Gasteiger partial charge on any atom is 0.261 e. The van der Waals surface area contributed by atoms with Gasteiger partial charge in [-0.05, 0) is 81.3 Å². The maximum atomic E-state index is 13.3. The van der Waals surface area contributed by atoms with Crippen molar-refractivity contribution in [3.63, 3.8) is 0 Å². The van der Waals surface area contributed by atoms with Crippen molar-refractivity contribution in [2.75, 3.05) is 13.2 Å². The molecule has 7 nitrogen and oxygen atoms in total. The number of carbonyl (C=O) groups excluding carboxylic acids is 3. The number of benzene rings is 1. The normalized spacial score (nSPS) is 26.6. The van der Waals surface area contributed by atoms with E-state index in [1.807, 2.05) is 31.2 Å². The molecule has 2 spiro atoms. The zero-order chi connectivity index (χ0) is 24.6. The molecule has 5 rings (SSSR count). The third-order valence-electron chi connectivity index (χ3n) is 8.91. The molecule has 0 bridgehead atoms. The van der Waals surface area contributed by atoms with Crippen LogP contribution in [0, 0.1) is 35.0 Å². The van der Waals surface area contributed by atoms with Gasteiger partial charge in [-0.25, -0.2) is 0 Å². The average molecular weight is 478 g/mol. The van der Waals surface area contributed by atoms with Gasteiger partial charge in [0.05, 0.1) is 6.07 Å². The quantitative estimate of drug-likeness (QED) is 0.646. The molecule has 186 valence electrons. The van der Waals surface area contributed by atoms with Crippen molar-refractivity contribution in [1.82, 2.24) is 10.2 Å². The Morgan fingerprint density at radius 1 is 1.17 bits per heavy atom. The molecule has 0 radical (unpaired) electrons. The van der Waals surface area contributed by atoms with E-state index in [0.717, 1.165) is 50.5 Å². The van der Waals surface area contributed by atoms with Crippen molar-refractivity contribution in [3.8, 4) is 11.8 Å². The number of hydrogen-bond donors (Lipinski definition) is 1. The van der Waals surface area contributed by atoms with E-state index in [-0.39, 0.29) is 41.0 Å². The molecular formula is C28H35N3O4. The van der Waals surface area contributed by atoms with Gasteiger partial charge < -0.3 is 15.0 Å². The van der Waals surface area contributed by atoms with Gasteiger partial charge in [0.15, 0.2) is 6.61 Å².